The zero-order chi connectivity index (χ0) is 36.3. The molecule has 1 fully saturated rings. The molecule has 11 heteroatoms. The van der Waals surface area contributed by atoms with Crippen molar-refractivity contribution >= 4 is 11.9 Å². The highest BCUT2D eigenvalue weighted by Gasteiger charge is 2.52. The first kappa shape index (κ1) is 41.5. The fourth-order valence-corrected chi connectivity index (χ4v) is 5.59. The van der Waals surface area contributed by atoms with E-state index < -0.39 is 72.5 Å². The molecule has 0 bridgehead atoms. The zero-order valence-corrected chi connectivity index (χ0v) is 30.2. The predicted octanol–water partition coefficient (Wildman–Crippen LogP) is 4.24. The summed E-state index contributed by atoms with van der Waals surface area (Å²) in [6, 6.07) is 0. The Morgan fingerprint density at radius 1 is 1.06 bits per heavy atom. The maximum atomic E-state index is 13.0. The third-order valence-corrected chi connectivity index (χ3v) is 8.63. The van der Waals surface area contributed by atoms with Crippen LogP contribution in [0.4, 0.5) is 0 Å². The van der Waals surface area contributed by atoms with Crippen molar-refractivity contribution in [2.45, 2.75) is 136 Å². The first-order valence-electron chi connectivity index (χ1n) is 16.8. The minimum absolute atomic E-state index is 0.0188. The molecular formula is C37H58O11. The van der Waals surface area contributed by atoms with Crippen molar-refractivity contribution in [3.05, 3.63) is 58.7 Å². The largest absolute Gasteiger partial charge is 0.456 e. The Kier molecular flexibility index (Phi) is 16.4. The van der Waals surface area contributed by atoms with Gasteiger partial charge in [0, 0.05) is 19.4 Å². The molecule has 0 radical (unpaired) electrons. The highest BCUT2D eigenvalue weighted by atomic mass is 16.7. The predicted molar refractivity (Wildman–Crippen MR) is 182 cm³/mol. The summed E-state index contributed by atoms with van der Waals surface area (Å²) in [7, 11) is 1.47. The summed E-state index contributed by atoms with van der Waals surface area (Å²) in [5.74, 6) is -1.85. The summed E-state index contributed by atoms with van der Waals surface area (Å²) in [6.07, 6.45) is 3.11. The summed E-state index contributed by atoms with van der Waals surface area (Å²) >= 11 is 0. The average Bonchev–Trinajstić information content (AvgIpc) is 3.01. The van der Waals surface area contributed by atoms with E-state index in [1.54, 1.807) is 52.8 Å². The summed E-state index contributed by atoms with van der Waals surface area (Å²) in [5, 5.41) is 43.7. The number of aliphatic hydroxyl groups excluding tert-OH is 4. The van der Waals surface area contributed by atoms with Crippen LogP contribution in [0.25, 0.3) is 0 Å². The van der Waals surface area contributed by atoms with E-state index in [0.29, 0.717) is 12.0 Å². The summed E-state index contributed by atoms with van der Waals surface area (Å²) in [5.41, 5.74) is 1.35. The zero-order valence-electron chi connectivity index (χ0n) is 30.2. The molecule has 1 saturated heterocycles. The molecule has 0 aromatic carbocycles. The van der Waals surface area contributed by atoms with Crippen LogP contribution in [-0.4, -0.2) is 101 Å². The second-order valence-electron chi connectivity index (χ2n) is 13.7. The van der Waals surface area contributed by atoms with E-state index in [1.165, 1.54) is 7.11 Å². The molecule has 0 unspecified atom stereocenters. The molecule has 4 N–H and O–H groups in total. The minimum Gasteiger partial charge on any atom is -0.456 e. The highest BCUT2D eigenvalue weighted by molar-refractivity contribution is 5.89. The van der Waals surface area contributed by atoms with E-state index in [-0.39, 0.29) is 30.9 Å². The molecule has 0 aromatic heterocycles. The number of methoxy groups -OCH3 is 1. The standard InChI is InChI=1S/C37H58O11/c1-11-26-19-23(5)28(39)15-13-12-14-27(20-44-10)35(43)45-29(25(7)38)17-16-22(4)18-24(6)32(26)46-36-31(41)30(40)33(37(8,9)48-36)47-34(42)21(2)3/h12-14,16,18-19,21,25-26,28-33,36,38-41H,11,15,17,20H2,1-10H3/b13-12+,22-16+,23-19+,24-18+,27-14+/t25-,26+,28+,29+,30-,31+,32+,33+,36-/m1/s1. The van der Waals surface area contributed by atoms with E-state index in [2.05, 4.69) is 0 Å². The van der Waals surface area contributed by atoms with Gasteiger partial charge in [-0.3, -0.25) is 4.79 Å². The Morgan fingerprint density at radius 2 is 1.73 bits per heavy atom. The molecule has 0 spiro atoms. The van der Waals surface area contributed by atoms with Gasteiger partial charge in [0.05, 0.1) is 36.4 Å². The topological polar surface area (TPSA) is 161 Å². The molecule has 272 valence electrons. The number of carbonyl (C=O) groups is 2. The second-order valence-corrected chi connectivity index (χ2v) is 13.7. The lowest BCUT2D eigenvalue weighted by atomic mass is 9.88. The van der Waals surface area contributed by atoms with Gasteiger partial charge >= 0.3 is 11.9 Å². The molecule has 2 aliphatic heterocycles. The van der Waals surface area contributed by atoms with Gasteiger partial charge in [0.1, 0.15) is 23.9 Å². The molecule has 0 aromatic rings. The van der Waals surface area contributed by atoms with Gasteiger partial charge in [0.15, 0.2) is 12.4 Å². The lowest BCUT2D eigenvalue weighted by molar-refractivity contribution is -0.333. The van der Waals surface area contributed by atoms with Crippen molar-refractivity contribution in [1.82, 2.24) is 0 Å². The normalized spacial score (nSPS) is 36.8. The van der Waals surface area contributed by atoms with Crippen LogP contribution in [0.3, 0.4) is 0 Å². The molecule has 0 aliphatic carbocycles. The van der Waals surface area contributed by atoms with Crippen molar-refractivity contribution in [2.24, 2.45) is 11.8 Å². The van der Waals surface area contributed by atoms with E-state index >= 15 is 0 Å². The summed E-state index contributed by atoms with van der Waals surface area (Å²) < 4.78 is 29.1. The maximum Gasteiger partial charge on any atom is 0.336 e. The van der Waals surface area contributed by atoms with Gasteiger partial charge in [0.2, 0.25) is 0 Å². The molecule has 9 atom stereocenters. The SMILES string of the molecule is CC[C@H]1/C=C(\C)[C@@H](O)C/C=C/C=C(\COC)C(=O)O[C@H]([C@@H](C)O)C/C=C(C)/C=C(\C)[C@@H]1O[C@@H]1OC(C)(C)[C@@H](OC(=O)C(C)C)[C@H](O)[C@@H]1O. The van der Waals surface area contributed by atoms with Crippen LogP contribution in [0.15, 0.2) is 58.7 Å². The minimum atomic E-state index is -1.53. The number of carbonyl (C=O) groups excluding carboxylic acids is 2. The van der Waals surface area contributed by atoms with Crippen molar-refractivity contribution in [2.75, 3.05) is 13.7 Å². The lowest BCUT2D eigenvalue weighted by Gasteiger charge is -2.47. The fraction of sp³-hybridized carbons (Fsp3) is 0.676. The number of aliphatic hydroxyl groups is 4. The highest BCUT2D eigenvalue weighted by Crippen LogP contribution is 2.36. The van der Waals surface area contributed by atoms with Gasteiger partial charge < -0.3 is 44.1 Å². The van der Waals surface area contributed by atoms with Gasteiger partial charge in [-0.2, -0.15) is 0 Å². The van der Waals surface area contributed by atoms with E-state index in [4.69, 9.17) is 23.7 Å². The monoisotopic (exact) mass is 678 g/mol. The van der Waals surface area contributed by atoms with Crippen LogP contribution < -0.4 is 0 Å². The quantitative estimate of drug-likeness (QED) is 0.215. The fourth-order valence-electron chi connectivity index (χ4n) is 5.59. The van der Waals surface area contributed by atoms with Gasteiger partial charge in [0.25, 0.3) is 0 Å². The van der Waals surface area contributed by atoms with Crippen molar-refractivity contribution < 1.29 is 53.7 Å². The Hall–Kier alpha value is -2.64. The third-order valence-electron chi connectivity index (χ3n) is 8.63. The summed E-state index contributed by atoms with van der Waals surface area (Å²) in [6.45, 7) is 15.8. The second kappa shape index (κ2) is 18.9. The van der Waals surface area contributed by atoms with Crippen molar-refractivity contribution in [3.8, 4) is 0 Å². The van der Waals surface area contributed by atoms with Crippen molar-refractivity contribution in [3.63, 3.8) is 0 Å². The van der Waals surface area contributed by atoms with Gasteiger partial charge in [-0.05, 0) is 71.6 Å². The third kappa shape index (κ3) is 11.8. The Bertz CT molecular complexity index is 1230. The van der Waals surface area contributed by atoms with Crippen molar-refractivity contribution in [1.29, 1.82) is 0 Å². The maximum absolute atomic E-state index is 13.0. The van der Waals surface area contributed by atoms with E-state index in [1.807, 2.05) is 45.9 Å². The van der Waals surface area contributed by atoms with Crippen LogP contribution in [0.2, 0.25) is 0 Å². The Balaban J connectivity index is 2.56. The molecule has 48 heavy (non-hydrogen) atoms. The molecule has 2 aliphatic rings. The molecule has 0 amide bonds. The number of hydrogen-bond donors (Lipinski definition) is 4. The lowest BCUT2D eigenvalue weighted by Crippen LogP contribution is -2.64. The molecule has 2 heterocycles. The number of hydrogen-bond acceptors (Lipinski definition) is 11. The number of allylic oxidation sites excluding steroid dienone is 4. The van der Waals surface area contributed by atoms with E-state index in [9.17, 15) is 30.0 Å². The van der Waals surface area contributed by atoms with Crippen LogP contribution in [0.1, 0.15) is 81.6 Å². The van der Waals surface area contributed by atoms with Gasteiger partial charge in [-0.25, -0.2) is 4.79 Å². The Labute approximate surface area is 285 Å². The number of esters is 2. The summed E-state index contributed by atoms with van der Waals surface area (Å²) in [4.78, 5) is 25.4. The number of rotatable bonds is 8. The van der Waals surface area contributed by atoms with Gasteiger partial charge in [-0.1, -0.05) is 56.7 Å². The number of ether oxygens (including phenoxy) is 5. The van der Waals surface area contributed by atoms with Gasteiger partial charge in [-0.15, -0.1) is 0 Å². The smallest absolute Gasteiger partial charge is 0.336 e. The van der Waals surface area contributed by atoms with Crippen LogP contribution in [0.5, 0.6) is 0 Å². The van der Waals surface area contributed by atoms with Crippen LogP contribution >= 0.6 is 0 Å². The first-order chi connectivity index (χ1) is 22.4. The molecule has 2 rings (SSSR count). The first-order valence-corrected chi connectivity index (χ1v) is 16.8. The molecular weight excluding hydrogens is 620 g/mol. The average molecular weight is 679 g/mol. The Morgan fingerprint density at radius 3 is 2.31 bits per heavy atom. The molecule has 0 saturated carbocycles. The van der Waals surface area contributed by atoms with Crippen LogP contribution in [-0.2, 0) is 33.3 Å². The van der Waals surface area contributed by atoms with E-state index in [0.717, 1.165) is 11.1 Å². The van der Waals surface area contributed by atoms with Crippen LogP contribution in [0, 0.1) is 11.8 Å². The molecule has 11 nitrogen and oxygen atoms in total. The number of cyclic esters (lactones) is 1.